The number of anilines is 1. The first-order valence-corrected chi connectivity index (χ1v) is 8.06. The van der Waals surface area contributed by atoms with Gasteiger partial charge in [-0.05, 0) is 49.1 Å². The Kier molecular flexibility index (Phi) is 6.11. The summed E-state index contributed by atoms with van der Waals surface area (Å²) in [5.41, 5.74) is 2.50. The fourth-order valence-electron chi connectivity index (χ4n) is 2.37. The van der Waals surface area contributed by atoms with E-state index < -0.39 is 12.1 Å². The van der Waals surface area contributed by atoms with Gasteiger partial charge in [-0.1, -0.05) is 19.1 Å². The molecule has 0 aliphatic heterocycles. The lowest BCUT2D eigenvalue weighted by atomic mass is 9.98. The van der Waals surface area contributed by atoms with Crippen molar-refractivity contribution in [1.29, 1.82) is 0 Å². The summed E-state index contributed by atoms with van der Waals surface area (Å²) in [6.45, 7) is 5.42. The van der Waals surface area contributed by atoms with Crippen molar-refractivity contribution in [3.63, 3.8) is 0 Å². The first-order chi connectivity index (χ1) is 11.8. The second kappa shape index (κ2) is 8.28. The van der Waals surface area contributed by atoms with Gasteiger partial charge in [0.1, 0.15) is 5.75 Å². The van der Waals surface area contributed by atoms with E-state index in [1.807, 2.05) is 32.0 Å². The fourth-order valence-corrected chi connectivity index (χ4v) is 2.37. The summed E-state index contributed by atoms with van der Waals surface area (Å²) in [6, 6.07) is 8.97. The molecule has 6 nitrogen and oxygen atoms in total. The van der Waals surface area contributed by atoms with E-state index in [1.165, 1.54) is 0 Å². The third kappa shape index (κ3) is 5.60. The van der Waals surface area contributed by atoms with Gasteiger partial charge >= 0.3 is 5.97 Å². The number of pyridine rings is 1. The summed E-state index contributed by atoms with van der Waals surface area (Å²) < 4.78 is 5.60. The van der Waals surface area contributed by atoms with Crippen LogP contribution in [0.15, 0.2) is 42.7 Å². The number of ether oxygens (including phenoxy) is 1. The number of carbonyl (C=O) groups is 2. The Hall–Kier alpha value is -2.89. The molecule has 1 heterocycles. The molecule has 0 radical (unpaired) electrons. The number of carboxylic acids is 1. The van der Waals surface area contributed by atoms with Crippen LogP contribution in [0.3, 0.4) is 0 Å². The van der Waals surface area contributed by atoms with Crippen molar-refractivity contribution < 1.29 is 19.4 Å². The number of amides is 1. The minimum atomic E-state index is -0.832. The average Bonchev–Trinajstić information content (AvgIpc) is 2.54. The molecule has 2 atom stereocenters. The van der Waals surface area contributed by atoms with Gasteiger partial charge in [0.25, 0.3) is 5.91 Å². The molecule has 0 saturated carbocycles. The molecule has 2 rings (SSSR count). The summed E-state index contributed by atoms with van der Waals surface area (Å²) in [7, 11) is 0. The van der Waals surface area contributed by atoms with Gasteiger partial charge in [-0.3, -0.25) is 14.6 Å². The minimum Gasteiger partial charge on any atom is -0.481 e. The molecule has 2 aromatic rings. The zero-order valence-electron chi connectivity index (χ0n) is 14.5. The van der Waals surface area contributed by atoms with E-state index in [4.69, 9.17) is 9.84 Å². The molecule has 0 bridgehead atoms. The SMILES string of the molecule is Cc1cncc(OC(C)C(=O)Nc2ccc(C(C)CC(=O)O)cc2)c1. The van der Waals surface area contributed by atoms with E-state index in [-0.39, 0.29) is 18.2 Å². The lowest BCUT2D eigenvalue weighted by Gasteiger charge is -2.15. The van der Waals surface area contributed by atoms with Gasteiger partial charge in [0.15, 0.2) is 6.10 Å². The predicted octanol–water partition coefficient (Wildman–Crippen LogP) is 3.37. The minimum absolute atomic E-state index is 0.0705. The van der Waals surface area contributed by atoms with Crippen LogP contribution in [0.25, 0.3) is 0 Å². The van der Waals surface area contributed by atoms with Crippen molar-refractivity contribution in [2.24, 2.45) is 0 Å². The van der Waals surface area contributed by atoms with E-state index in [9.17, 15) is 9.59 Å². The molecule has 0 aliphatic carbocycles. The molecular formula is C19H22N2O4. The van der Waals surface area contributed by atoms with E-state index in [1.54, 1.807) is 31.5 Å². The molecule has 1 aromatic heterocycles. The molecule has 0 spiro atoms. The normalized spacial score (nSPS) is 12.9. The first kappa shape index (κ1) is 18.4. The molecule has 6 heteroatoms. The number of carbonyl (C=O) groups excluding carboxylic acids is 1. The van der Waals surface area contributed by atoms with Crippen LogP contribution in [0.1, 0.15) is 37.3 Å². The Bertz CT molecular complexity index is 743. The Morgan fingerprint density at radius 3 is 2.48 bits per heavy atom. The van der Waals surface area contributed by atoms with Gasteiger partial charge in [-0.25, -0.2) is 0 Å². The first-order valence-electron chi connectivity index (χ1n) is 8.06. The molecule has 0 fully saturated rings. The predicted molar refractivity (Wildman–Crippen MR) is 94.8 cm³/mol. The van der Waals surface area contributed by atoms with Crippen LogP contribution < -0.4 is 10.1 Å². The maximum Gasteiger partial charge on any atom is 0.303 e. The summed E-state index contributed by atoms with van der Waals surface area (Å²) in [5, 5.41) is 11.6. The number of hydrogen-bond donors (Lipinski definition) is 2. The topological polar surface area (TPSA) is 88.5 Å². The second-order valence-electron chi connectivity index (χ2n) is 6.07. The number of benzene rings is 1. The Morgan fingerprint density at radius 2 is 1.88 bits per heavy atom. The van der Waals surface area contributed by atoms with Crippen molar-refractivity contribution in [2.45, 2.75) is 39.2 Å². The van der Waals surface area contributed by atoms with Crippen LogP contribution in [0, 0.1) is 6.92 Å². The summed E-state index contributed by atoms with van der Waals surface area (Å²) in [4.78, 5) is 27.0. The van der Waals surface area contributed by atoms with Gasteiger partial charge in [0.05, 0.1) is 12.6 Å². The van der Waals surface area contributed by atoms with E-state index in [0.29, 0.717) is 11.4 Å². The van der Waals surface area contributed by atoms with Crippen molar-refractivity contribution >= 4 is 17.6 Å². The van der Waals surface area contributed by atoms with Crippen LogP contribution in [-0.2, 0) is 9.59 Å². The van der Waals surface area contributed by atoms with Crippen LogP contribution >= 0.6 is 0 Å². The van der Waals surface area contributed by atoms with Crippen molar-refractivity contribution in [1.82, 2.24) is 4.98 Å². The van der Waals surface area contributed by atoms with Gasteiger partial charge in [0, 0.05) is 11.9 Å². The molecule has 2 unspecified atom stereocenters. The average molecular weight is 342 g/mol. The Morgan fingerprint density at radius 1 is 1.20 bits per heavy atom. The summed E-state index contributed by atoms with van der Waals surface area (Å²) >= 11 is 0. The van der Waals surface area contributed by atoms with Gasteiger partial charge in [0.2, 0.25) is 0 Å². The summed E-state index contributed by atoms with van der Waals surface area (Å²) in [6.07, 6.45) is 2.68. The zero-order valence-corrected chi connectivity index (χ0v) is 14.5. The number of carboxylic acid groups (broad SMARTS) is 1. The number of aliphatic carboxylic acids is 1. The Balaban J connectivity index is 1.94. The van der Waals surface area contributed by atoms with Crippen molar-refractivity contribution in [2.75, 3.05) is 5.32 Å². The van der Waals surface area contributed by atoms with Gasteiger partial charge in [-0.15, -0.1) is 0 Å². The second-order valence-corrected chi connectivity index (χ2v) is 6.07. The third-order valence-corrected chi connectivity index (χ3v) is 3.76. The number of aryl methyl sites for hydroxylation is 1. The van der Waals surface area contributed by atoms with Crippen molar-refractivity contribution in [3.8, 4) is 5.75 Å². The number of hydrogen-bond acceptors (Lipinski definition) is 4. The van der Waals surface area contributed by atoms with Gasteiger partial charge in [-0.2, -0.15) is 0 Å². The van der Waals surface area contributed by atoms with E-state index in [0.717, 1.165) is 11.1 Å². The highest BCUT2D eigenvalue weighted by Crippen LogP contribution is 2.21. The van der Waals surface area contributed by atoms with Crippen molar-refractivity contribution in [3.05, 3.63) is 53.9 Å². The zero-order chi connectivity index (χ0) is 18.4. The molecule has 0 aliphatic rings. The maximum absolute atomic E-state index is 12.2. The van der Waals surface area contributed by atoms with Gasteiger partial charge < -0.3 is 15.2 Å². The molecule has 1 amide bonds. The lowest BCUT2D eigenvalue weighted by molar-refractivity contribution is -0.137. The Labute approximate surface area is 146 Å². The maximum atomic E-state index is 12.2. The third-order valence-electron chi connectivity index (χ3n) is 3.76. The van der Waals surface area contributed by atoms with E-state index in [2.05, 4.69) is 10.3 Å². The molecule has 132 valence electrons. The monoisotopic (exact) mass is 342 g/mol. The van der Waals surface area contributed by atoms with Crippen LogP contribution in [0.4, 0.5) is 5.69 Å². The summed E-state index contributed by atoms with van der Waals surface area (Å²) in [5.74, 6) is -0.645. The number of aromatic nitrogens is 1. The quantitative estimate of drug-likeness (QED) is 0.805. The van der Waals surface area contributed by atoms with Crippen LogP contribution in [-0.4, -0.2) is 28.1 Å². The molecule has 25 heavy (non-hydrogen) atoms. The van der Waals surface area contributed by atoms with Crippen LogP contribution in [0.5, 0.6) is 5.75 Å². The number of nitrogens with zero attached hydrogens (tertiary/aromatic N) is 1. The highest BCUT2D eigenvalue weighted by molar-refractivity contribution is 5.94. The molecule has 2 N–H and O–H groups in total. The number of nitrogens with one attached hydrogen (secondary N) is 1. The van der Waals surface area contributed by atoms with Crippen LogP contribution in [0.2, 0.25) is 0 Å². The highest BCUT2D eigenvalue weighted by Gasteiger charge is 2.16. The largest absolute Gasteiger partial charge is 0.481 e. The fraction of sp³-hybridized carbons (Fsp3) is 0.316. The highest BCUT2D eigenvalue weighted by atomic mass is 16.5. The van der Waals surface area contributed by atoms with E-state index >= 15 is 0 Å². The lowest BCUT2D eigenvalue weighted by Crippen LogP contribution is -2.30. The standard InChI is InChI=1S/C19H22N2O4/c1-12-8-17(11-20-10-12)25-14(3)19(24)21-16-6-4-15(5-7-16)13(2)9-18(22)23/h4-8,10-11,13-14H,9H2,1-3H3,(H,21,24)(H,22,23). The smallest absolute Gasteiger partial charge is 0.303 e. The number of rotatable bonds is 7. The molecule has 1 aromatic carbocycles. The molecular weight excluding hydrogens is 320 g/mol. The molecule has 0 saturated heterocycles.